The maximum absolute atomic E-state index is 12.1. The Hall–Kier alpha value is -1.26. The highest BCUT2D eigenvalue weighted by atomic mass is 16.5. The van der Waals surface area contributed by atoms with Crippen molar-refractivity contribution in [3.8, 4) is 0 Å². The summed E-state index contributed by atoms with van der Waals surface area (Å²) in [5.41, 5.74) is -0.813. The molecule has 0 bridgehead atoms. The first-order chi connectivity index (χ1) is 8.59. The van der Waals surface area contributed by atoms with Crippen LogP contribution in [0.15, 0.2) is 0 Å². The van der Waals surface area contributed by atoms with Crippen LogP contribution in [0.4, 0.5) is 4.79 Å². The van der Waals surface area contributed by atoms with Crippen LogP contribution in [0, 0.1) is 0 Å². The number of amides is 2. The van der Waals surface area contributed by atoms with Crippen molar-refractivity contribution in [2.75, 3.05) is 20.2 Å². The fourth-order valence-corrected chi connectivity index (χ4v) is 2.53. The van der Waals surface area contributed by atoms with Crippen LogP contribution in [0.1, 0.15) is 46.0 Å². The molecule has 5 heteroatoms. The van der Waals surface area contributed by atoms with E-state index in [2.05, 4.69) is 5.32 Å². The molecule has 0 aromatic rings. The average Bonchev–Trinajstić information content (AvgIpc) is 2.40. The molecule has 1 aliphatic rings. The summed E-state index contributed by atoms with van der Waals surface area (Å²) in [4.78, 5) is 25.8. The van der Waals surface area contributed by atoms with Crippen LogP contribution in [-0.2, 0) is 9.53 Å². The lowest BCUT2D eigenvalue weighted by molar-refractivity contribution is -0.149. The molecule has 0 unspecified atom stereocenters. The lowest BCUT2D eigenvalue weighted by Crippen LogP contribution is -2.59. The van der Waals surface area contributed by atoms with Crippen molar-refractivity contribution in [3.05, 3.63) is 0 Å². The van der Waals surface area contributed by atoms with E-state index >= 15 is 0 Å². The van der Waals surface area contributed by atoms with E-state index in [1.807, 2.05) is 13.8 Å². The van der Waals surface area contributed by atoms with Gasteiger partial charge in [-0.3, -0.25) is 0 Å². The quantitative estimate of drug-likeness (QED) is 0.782. The van der Waals surface area contributed by atoms with Crippen LogP contribution in [-0.4, -0.2) is 42.6 Å². The molecule has 1 N–H and O–H groups in total. The van der Waals surface area contributed by atoms with Gasteiger partial charge in [0.2, 0.25) is 0 Å². The number of esters is 1. The molecule has 1 rings (SSSR count). The van der Waals surface area contributed by atoms with Crippen molar-refractivity contribution >= 4 is 12.0 Å². The van der Waals surface area contributed by atoms with E-state index in [0.29, 0.717) is 25.9 Å². The molecule has 0 heterocycles. The number of urea groups is 1. The van der Waals surface area contributed by atoms with E-state index in [1.54, 1.807) is 4.90 Å². The number of carbonyl (C=O) groups is 2. The van der Waals surface area contributed by atoms with Crippen molar-refractivity contribution in [2.45, 2.75) is 51.5 Å². The van der Waals surface area contributed by atoms with Gasteiger partial charge < -0.3 is 15.0 Å². The largest absolute Gasteiger partial charge is 0.467 e. The standard InChI is InChI=1S/C13H24N2O3/c1-4-15(5-2)12(17)14-13(11(16)18-3)9-7-6-8-10-13/h4-10H2,1-3H3,(H,14,17). The number of carbonyl (C=O) groups excluding carboxylic acids is 2. The van der Waals surface area contributed by atoms with Gasteiger partial charge in [-0.1, -0.05) is 19.3 Å². The van der Waals surface area contributed by atoms with Gasteiger partial charge in [-0.2, -0.15) is 0 Å². The minimum absolute atomic E-state index is 0.174. The summed E-state index contributed by atoms with van der Waals surface area (Å²) < 4.78 is 4.87. The topological polar surface area (TPSA) is 58.6 Å². The van der Waals surface area contributed by atoms with Crippen LogP contribution in [0.5, 0.6) is 0 Å². The second-order valence-corrected chi connectivity index (χ2v) is 4.74. The highest BCUT2D eigenvalue weighted by Gasteiger charge is 2.42. The zero-order valence-corrected chi connectivity index (χ0v) is 11.6. The zero-order chi connectivity index (χ0) is 13.6. The third kappa shape index (κ3) is 3.15. The fourth-order valence-electron chi connectivity index (χ4n) is 2.53. The third-order valence-corrected chi connectivity index (χ3v) is 3.68. The van der Waals surface area contributed by atoms with E-state index in [0.717, 1.165) is 19.3 Å². The third-order valence-electron chi connectivity index (χ3n) is 3.68. The molecular formula is C13H24N2O3. The highest BCUT2D eigenvalue weighted by molar-refractivity contribution is 5.87. The van der Waals surface area contributed by atoms with Gasteiger partial charge in [0.15, 0.2) is 0 Å². The molecule has 0 aromatic carbocycles. The number of nitrogens with one attached hydrogen (secondary N) is 1. The van der Waals surface area contributed by atoms with E-state index in [9.17, 15) is 9.59 Å². The van der Waals surface area contributed by atoms with E-state index < -0.39 is 5.54 Å². The average molecular weight is 256 g/mol. The Labute approximate surface area is 109 Å². The Morgan fingerprint density at radius 3 is 2.17 bits per heavy atom. The van der Waals surface area contributed by atoms with Crippen molar-refractivity contribution in [1.29, 1.82) is 0 Å². The van der Waals surface area contributed by atoms with Crippen molar-refractivity contribution in [3.63, 3.8) is 0 Å². The Bertz CT molecular complexity index is 295. The Morgan fingerprint density at radius 1 is 1.17 bits per heavy atom. The van der Waals surface area contributed by atoms with Crippen LogP contribution < -0.4 is 5.32 Å². The number of ether oxygens (including phenoxy) is 1. The molecule has 18 heavy (non-hydrogen) atoms. The normalized spacial score (nSPS) is 17.9. The molecule has 0 atom stereocenters. The van der Waals surface area contributed by atoms with Crippen LogP contribution in [0.25, 0.3) is 0 Å². The van der Waals surface area contributed by atoms with Gasteiger partial charge in [-0.15, -0.1) is 0 Å². The summed E-state index contributed by atoms with van der Waals surface area (Å²) in [6, 6.07) is -0.174. The number of methoxy groups -OCH3 is 1. The minimum Gasteiger partial charge on any atom is -0.467 e. The van der Waals surface area contributed by atoms with Gasteiger partial charge in [0, 0.05) is 13.1 Å². The van der Waals surface area contributed by atoms with Crippen LogP contribution in [0.3, 0.4) is 0 Å². The lowest BCUT2D eigenvalue weighted by atomic mass is 9.81. The summed E-state index contributed by atoms with van der Waals surface area (Å²) in [5.74, 6) is -0.317. The van der Waals surface area contributed by atoms with Gasteiger partial charge in [-0.25, -0.2) is 9.59 Å². The first-order valence-corrected chi connectivity index (χ1v) is 6.75. The summed E-state index contributed by atoms with van der Waals surface area (Å²) in [6.07, 6.45) is 4.36. The number of hydrogen-bond acceptors (Lipinski definition) is 3. The molecule has 2 amide bonds. The molecule has 104 valence electrons. The molecule has 0 aromatic heterocycles. The van der Waals surface area contributed by atoms with E-state index in [-0.39, 0.29) is 12.0 Å². The van der Waals surface area contributed by atoms with Gasteiger partial charge in [0.1, 0.15) is 5.54 Å². The smallest absolute Gasteiger partial charge is 0.331 e. The Balaban J connectivity index is 2.78. The highest BCUT2D eigenvalue weighted by Crippen LogP contribution is 2.29. The maximum atomic E-state index is 12.1. The van der Waals surface area contributed by atoms with Gasteiger partial charge in [0.05, 0.1) is 7.11 Å². The number of nitrogens with zero attached hydrogens (tertiary/aromatic N) is 1. The fraction of sp³-hybridized carbons (Fsp3) is 0.846. The molecule has 1 fully saturated rings. The zero-order valence-electron chi connectivity index (χ0n) is 11.6. The summed E-state index contributed by atoms with van der Waals surface area (Å²) in [5, 5.41) is 2.90. The monoisotopic (exact) mass is 256 g/mol. The second kappa shape index (κ2) is 6.61. The molecule has 5 nitrogen and oxygen atoms in total. The first kappa shape index (κ1) is 14.8. The molecule has 1 saturated carbocycles. The van der Waals surface area contributed by atoms with Crippen molar-refractivity contribution in [1.82, 2.24) is 10.2 Å². The summed E-state index contributed by atoms with van der Waals surface area (Å²) in [6.45, 7) is 5.13. The molecular weight excluding hydrogens is 232 g/mol. The predicted molar refractivity (Wildman–Crippen MR) is 69.3 cm³/mol. The van der Waals surface area contributed by atoms with Gasteiger partial charge in [-0.05, 0) is 26.7 Å². The van der Waals surface area contributed by atoms with E-state index in [1.165, 1.54) is 7.11 Å². The molecule has 0 saturated heterocycles. The Kier molecular flexibility index (Phi) is 5.44. The molecule has 0 aliphatic heterocycles. The maximum Gasteiger partial charge on any atom is 0.331 e. The SMILES string of the molecule is CCN(CC)C(=O)NC1(C(=O)OC)CCCCC1. The van der Waals surface area contributed by atoms with Crippen molar-refractivity contribution in [2.24, 2.45) is 0 Å². The van der Waals surface area contributed by atoms with Crippen LogP contribution >= 0.6 is 0 Å². The van der Waals surface area contributed by atoms with Gasteiger partial charge in [0.25, 0.3) is 0 Å². The van der Waals surface area contributed by atoms with Crippen LogP contribution in [0.2, 0.25) is 0 Å². The molecule has 1 aliphatic carbocycles. The number of rotatable bonds is 4. The minimum atomic E-state index is -0.813. The Morgan fingerprint density at radius 2 is 1.72 bits per heavy atom. The summed E-state index contributed by atoms with van der Waals surface area (Å²) in [7, 11) is 1.38. The van der Waals surface area contributed by atoms with Crippen molar-refractivity contribution < 1.29 is 14.3 Å². The summed E-state index contributed by atoms with van der Waals surface area (Å²) >= 11 is 0. The van der Waals surface area contributed by atoms with Gasteiger partial charge >= 0.3 is 12.0 Å². The second-order valence-electron chi connectivity index (χ2n) is 4.74. The number of hydrogen-bond donors (Lipinski definition) is 1. The molecule has 0 radical (unpaired) electrons. The first-order valence-electron chi connectivity index (χ1n) is 6.75. The lowest BCUT2D eigenvalue weighted by Gasteiger charge is -2.36. The predicted octanol–water partition coefficient (Wildman–Crippen LogP) is 1.91. The molecule has 0 spiro atoms. The van der Waals surface area contributed by atoms with E-state index in [4.69, 9.17) is 4.74 Å².